The van der Waals surface area contributed by atoms with Crippen molar-refractivity contribution in [2.24, 2.45) is 0 Å². The molecule has 0 unspecified atom stereocenters. The number of anilines is 2. The Morgan fingerprint density at radius 1 is 1.15 bits per heavy atom. The predicted octanol–water partition coefficient (Wildman–Crippen LogP) is 3.14. The SMILES string of the molecule is Clc1ccc(Nc2ccc([C@@H]3CNCCO3)nc2)cc1. The zero-order valence-corrected chi connectivity index (χ0v) is 11.7. The van der Waals surface area contributed by atoms with Crippen LogP contribution < -0.4 is 10.6 Å². The third kappa shape index (κ3) is 3.28. The Hall–Kier alpha value is -1.62. The predicted molar refractivity (Wildman–Crippen MR) is 80.5 cm³/mol. The van der Waals surface area contributed by atoms with Crippen LogP contribution in [0.5, 0.6) is 0 Å². The molecule has 1 aliphatic heterocycles. The zero-order chi connectivity index (χ0) is 13.8. The van der Waals surface area contributed by atoms with E-state index >= 15 is 0 Å². The normalized spacial score (nSPS) is 18.8. The van der Waals surface area contributed by atoms with E-state index in [1.54, 1.807) is 0 Å². The first kappa shape index (κ1) is 13.4. The summed E-state index contributed by atoms with van der Waals surface area (Å²) in [5, 5.41) is 7.31. The summed E-state index contributed by atoms with van der Waals surface area (Å²) in [4.78, 5) is 4.46. The molecule has 2 aromatic rings. The Kier molecular flexibility index (Phi) is 4.16. The highest BCUT2D eigenvalue weighted by Crippen LogP contribution is 2.21. The first-order valence-electron chi connectivity index (χ1n) is 6.62. The highest BCUT2D eigenvalue weighted by molar-refractivity contribution is 6.30. The summed E-state index contributed by atoms with van der Waals surface area (Å²) >= 11 is 5.86. The number of hydrogen-bond acceptors (Lipinski definition) is 4. The van der Waals surface area contributed by atoms with Crippen molar-refractivity contribution in [1.29, 1.82) is 0 Å². The summed E-state index contributed by atoms with van der Waals surface area (Å²) in [7, 11) is 0. The van der Waals surface area contributed by atoms with Gasteiger partial charge in [0.05, 0.1) is 24.2 Å². The van der Waals surface area contributed by atoms with E-state index in [1.165, 1.54) is 0 Å². The van der Waals surface area contributed by atoms with Gasteiger partial charge in [-0.25, -0.2) is 0 Å². The Morgan fingerprint density at radius 2 is 1.95 bits per heavy atom. The molecule has 2 N–H and O–H groups in total. The fourth-order valence-electron chi connectivity index (χ4n) is 2.12. The summed E-state index contributed by atoms with van der Waals surface area (Å²) in [5.74, 6) is 0. The average molecular weight is 290 g/mol. The van der Waals surface area contributed by atoms with Gasteiger partial charge >= 0.3 is 0 Å². The van der Waals surface area contributed by atoms with E-state index < -0.39 is 0 Å². The van der Waals surface area contributed by atoms with Crippen molar-refractivity contribution in [3.8, 4) is 0 Å². The molecule has 1 aromatic heterocycles. The highest BCUT2D eigenvalue weighted by Gasteiger charge is 2.16. The molecule has 0 amide bonds. The summed E-state index contributed by atoms with van der Waals surface area (Å²) in [6.07, 6.45) is 1.87. The van der Waals surface area contributed by atoms with E-state index in [2.05, 4.69) is 15.6 Å². The molecular formula is C15H16ClN3O. The van der Waals surface area contributed by atoms with Crippen LogP contribution in [0.4, 0.5) is 11.4 Å². The standard InChI is InChI=1S/C15H16ClN3O/c16-11-1-3-12(4-2-11)19-13-5-6-14(18-9-13)15-10-17-7-8-20-15/h1-6,9,15,17,19H,7-8,10H2/t15-/m0/s1. The molecule has 0 radical (unpaired) electrons. The molecule has 1 atom stereocenters. The van der Waals surface area contributed by atoms with E-state index in [4.69, 9.17) is 16.3 Å². The number of nitrogens with zero attached hydrogens (tertiary/aromatic N) is 1. The van der Waals surface area contributed by atoms with E-state index in [0.29, 0.717) is 0 Å². The lowest BCUT2D eigenvalue weighted by Gasteiger charge is -2.23. The molecule has 20 heavy (non-hydrogen) atoms. The third-order valence-corrected chi connectivity index (χ3v) is 3.43. The van der Waals surface area contributed by atoms with Crippen molar-refractivity contribution in [3.63, 3.8) is 0 Å². The van der Waals surface area contributed by atoms with Crippen LogP contribution in [0.25, 0.3) is 0 Å². The first-order valence-corrected chi connectivity index (χ1v) is 7.00. The van der Waals surface area contributed by atoms with Crippen molar-refractivity contribution in [2.45, 2.75) is 6.10 Å². The van der Waals surface area contributed by atoms with Crippen LogP contribution >= 0.6 is 11.6 Å². The second-order valence-corrected chi connectivity index (χ2v) is 5.10. The van der Waals surface area contributed by atoms with Gasteiger partial charge in [-0.05, 0) is 36.4 Å². The van der Waals surface area contributed by atoms with Crippen molar-refractivity contribution in [1.82, 2.24) is 10.3 Å². The second-order valence-electron chi connectivity index (χ2n) is 4.67. The number of halogens is 1. The third-order valence-electron chi connectivity index (χ3n) is 3.18. The van der Waals surface area contributed by atoms with Crippen LogP contribution in [0.2, 0.25) is 5.02 Å². The Bertz CT molecular complexity index is 550. The van der Waals surface area contributed by atoms with Gasteiger partial charge in [-0.2, -0.15) is 0 Å². The van der Waals surface area contributed by atoms with Crippen LogP contribution in [-0.2, 0) is 4.74 Å². The van der Waals surface area contributed by atoms with Gasteiger partial charge in [0, 0.05) is 23.8 Å². The molecule has 1 aromatic carbocycles. The van der Waals surface area contributed by atoms with Crippen LogP contribution in [0.15, 0.2) is 42.6 Å². The molecule has 0 bridgehead atoms. The van der Waals surface area contributed by atoms with Crippen molar-refractivity contribution < 1.29 is 4.74 Å². The fraction of sp³-hybridized carbons (Fsp3) is 0.267. The number of nitrogens with one attached hydrogen (secondary N) is 2. The largest absolute Gasteiger partial charge is 0.369 e. The summed E-state index contributed by atoms with van der Waals surface area (Å²) in [5.41, 5.74) is 2.89. The number of ether oxygens (including phenoxy) is 1. The molecular weight excluding hydrogens is 274 g/mol. The maximum atomic E-state index is 5.86. The van der Waals surface area contributed by atoms with Gasteiger partial charge in [-0.15, -0.1) is 0 Å². The van der Waals surface area contributed by atoms with Crippen molar-refractivity contribution >= 4 is 23.0 Å². The average Bonchev–Trinajstić information content (AvgIpc) is 2.51. The van der Waals surface area contributed by atoms with Crippen LogP contribution in [-0.4, -0.2) is 24.7 Å². The summed E-state index contributed by atoms with van der Waals surface area (Å²) < 4.78 is 5.68. The molecule has 0 spiro atoms. The van der Waals surface area contributed by atoms with Gasteiger partial charge < -0.3 is 15.4 Å². The maximum Gasteiger partial charge on any atom is 0.112 e. The highest BCUT2D eigenvalue weighted by atomic mass is 35.5. The quantitative estimate of drug-likeness (QED) is 0.911. The Balaban J connectivity index is 1.67. The second kappa shape index (κ2) is 6.22. The molecule has 0 aliphatic carbocycles. The van der Waals surface area contributed by atoms with Gasteiger partial charge in [0.2, 0.25) is 0 Å². The molecule has 2 heterocycles. The zero-order valence-electron chi connectivity index (χ0n) is 11.0. The first-order chi connectivity index (χ1) is 9.81. The van der Waals surface area contributed by atoms with Crippen LogP contribution in [0.1, 0.15) is 11.8 Å². The summed E-state index contributed by atoms with van der Waals surface area (Å²) in [6.45, 7) is 2.46. The number of rotatable bonds is 3. The smallest absolute Gasteiger partial charge is 0.112 e. The molecule has 5 heteroatoms. The van der Waals surface area contributed by atoms with Gasteiger partial charge in [0.1, 0.15) is 6.10 Å². The van der Waals surface area contributed by atoms with E-state index in [-0.39, 0.29) is 6.10 Å². The minimum atomic E-state index is 0.0494. The van der Waals surface area contributed by atoms with Gasteiger partial charge in [-0.1, -0.05) is 11.6 Å². The Labute approximate surface area is 123 Å². The van der Waals surface area contributed by atoms with E-state index in [0.717, 1.165) is 41.8 Å². The lowest BCUT2D eigenvalue weighted by atomic mass is 10.2. The van der Waals surface area contributed by atoms with Crippen LogP contribution in [0, 0.1) is 0 Å². The lowest BCUT2D eigenvalue weighted by Crippen LogP contribution is -2.33. The number of pyridine rings is 1. The molecule has 3 rings (SSSR count). The number of hydrogen-bond donors (Lipinski definition) is 2. The van der Waals surface area contributed by atoms with Gasteiger partial charge in [0.15, 0.2) is 0 Å². The topological polar surface area (TPSA) is 46.2 Å². The molecule has 0 saturated carbocycles. The minimum Gasteiger partial charge on any atom is -0.369 e. The van der Waals surface area contributed by atoms with Crippen molar-refractivity contribution in [2.75, 3.05) is 25.0 Å². The fourth-order valence-corrected chi connectivity index (χ4v) is 2.25. The molecule has 1 fully saturated rings. The number of aromatic nitrogens is 1. The van der Waals surface area contributed by atoms with E-state index in [9.17, 15) is 0 Å². The minimum absolute atomic E-state index is 0.0494. The molecule has 1 saturated heterocycles. The maximum absolute atomic E-state index is 5.86. The van der Waals surface area contributed by atoms with E-state index in [1.807, 2.05) is 42.6 Å². The van der Waals surface area contributed by atoms with Crippen molar-refractivity contribution in [3.05, 3.63) is 53.3 Å². The number of morpholine rings is 1. The Morgan fingerprint density at radius 3 is 2.60 bits per heavy atom. The molecule has 104 valence electrons. The van der Waals surface area contributed by atoms with Gasteiger partial charge in [-0.3, -0.25) is 4.98 Å². The molecule has 4 nitrogen and oxygen atoms in total. The monoisotopic (exact) mass is 289 g/mol. The molecule has 1 aliphatic rings. The van der Waals surface area contributed by atoms with Gasteiger partial charge in [0.25, 0.3) is 0 Å². The number of benzene rings is 1. The lowest BCUT2D eigenvalue weighted by molar-refractivity contribution is 0.0250. The summed E-state index contributed by atoms with van der Waals surface area (Å²) in [6, 6.07) is 11.6. The van der Waals surface area contributed by atoms with Crippen LogP contribution in [0.3, 0.4) is 0 Å².